The summed E-state index contributed by atoms with van der Waals surface area (Å²) >= 11 is 0. The third-order valence-corrected chi connectivity index (χ3v) is 5.14. The molecular formula is C21H24N2O3. The van der Waals surface area contributed by atoms with Crippen molar-refractivity contribution in [3.05, 3.63) is 53.6 Å². The van der Waals surface area contributed by atoms with Crippen molar-refractivity contribution in [3.63, 3.8) is 0 Å². The molecule has 2 heterocycles. The Labute approximate surface area is 153 Å². The lowest BCUT2D eigenvalue weighted by atomic mass is 10.0. The van der Waals surface area contributed by atoms with Crippen LogP contribution in [0.1, 0.15) is 24.0 Å². The van der Waals surface area contributed by atoms with Crippen molar-refractivity contribution >= 4 is 17.3 Å². The maximum absolute atomic E-state index is 13.0. The Morgan fingerprint density at radius 2 is 2.00 bits per heavy atom. The Kier molecular flexibility index (Phi) is 4.80. The molecule has 1 N–H and O–H groups in total. The third-order valence-electron chi connectivity index (χ3n) is 5.14. The minimum atomic E-state index is -0.191. The average Bonchev–Trinajstić information content (AvgIpc) is 2.70. The normalized spacial score (nSPS) is 19.8. The molecule has 5 heteroatoms. The number of piperidine rings is 1. The molecule has 136 valence electrons. The molecule has 1 unspecified atom stereocenters. The van der Waals surface area contributed by atoms with Crippen LogP contribution in [0.15, 0.2) is 42.5 Å². The van der Waals surface area contributed by atoms with Crippen LogP contribution in [0.3, 0.4) is 0 Å². The van der Waals surface area contributed by atoms with E-state index in [4.69, 9.17) is 9.47 Å². The molecule has 2 aliphatic heterocycles. The molecule has 1 fully saturated rings. The highest BCUT2D eigenvalue weighted by atomic mass is 16.5. The molecule has 26 heavy (non-hydrogen) atoms. The Bertz CT molecular complexity index is 788. The Morgan fingerprint density at radius 1 is 1.15 bits per heavy atom. The van der Waals surface area contributed by atoms with E-state index in [2.05, 4.69) is 17.4 Å². The fraction of sp³-hybridized carbons (Fsp3) is 0.381. The number of hydrogen-bond acceptors (Lipinski definition) is 4. The van der Waals surface area contributed by atoms with Crippen LogP contribution in [-0.2, 0) is 22.6 Å². The van der Waals surface area contributed by atoms with E-state index in [0.29, 0.717) is 6.61 Å². The number of ether oxygens (including phenoxy) is 2. The van der Waals surface area contributed by atoms with Gasteiger partial charge in [0.2, 0.25) is 5.91 Å². The fourth-order valence-corrected chi connectivity index (χ4v) is 3.68. The van der Waals surface area contributed by atoms with Gasteiger partial charge in [-0.2, -0.15) is 0 Å². The van der Waals surface area contributed by atoms with E-state index in [1.165, 1.54) is 11.1 Å². The highest BCUT2D eigenvalue weighted by Gasteiger charge is 2.29. The summed E-state index contributed by atoms with van der Waals surface area (Å²) in [6, 6.07) is 13.8. The zero-order valence-corrected chi connectivity index (χ0v) is 15.0. The Hall–Kier alpha value is -2.53. The predicted molar refractivity (Wildman–Crippen MR) is 102 cm³/mol. The fourth-order valence-electron chi connectivity index (χ4n) is 3.68. The van der Waals surface area contributed by atoms with Crippen LogP contribution in [0, 0.1) is 0 Å². The van der Waals surface area contributed by atoms with E-state index in [1.54, 1.807) is 7.11 Å². The number of methoxy groups -OCH3 is 1. The molecule has 0 aromatic heterocycles. The SMILES string of the molecule is COc1ccc(N2CCCC(Nc3ccc4c(c3)CCOC4)C2=O)cc1. The van der Waals surface area contributed by atoms with Gasteiger partial charge in [-0.1, -0.05) is 6.07 Å². The number of carbonyl (C=O) groups excluding carboxylic acids is 1. The number of amides is 1. The van der Waals surface area contributed by atoms with Gasteiger partial charge in [0.1, 0.15) is 11.8 Å². The summed E-state index contributed by atoms with van der Waals surface area (Å²) in [6.45, 7) is 2.21. The molecule has 5 nitrogen and oxygen atoms in total. The van der Waals surface area contributed by atoms with E-state index in [0.717, 1.165) is 49.5 Å². The van der Waals surface area contributed by atoms with Crippen molar-refractivity contribution in [2.24, 2.45) is 0 Å². The van der Waals surface area contributed by atoms with Crippen LogP contribution in [0.4, 0.5) is 11.4 Å². The molecule has 2 aliphatic rings. The largest absolute Gasteiger partial charge is 0.497 e. The van der Waals surface area contributed by atoms with Gasteiger partial charge < -0.3 is 19.7 Å². The number of hydrogen-bond donors (Lipinski definition) is 1. The van der Waals surface area contributed by atoms with Gasteiger partial charge in [-0.05, 0) is 66.8 Å². The maximum atomic E-state index is 13.0. The summed E-state index contributed by atoms with van der Waals surface area (Å²) < 4.78 is 10.7. The summed E-state index contributed by atoms with van der Waals surface area (Å²) in [5, 5.41) is 3.45. The number of benzene rings is 2. The van der Waals surface area contributed by atoms with Gasteiger partial charge in [-0.3, -0.25) is 4.79 Å². The lowest BCUT2D eigenvalue weighted by molar-refractivity contribution is -0.120. The molecule has 4 rings (SSSR count). The lowest BCUT2D eigenvalue weighted by Crippen LogP contribution is -2.47. The number of anilines is 2. The second-order valence-corrected chi connectivity index (χ2v) is 6.81. The molecule has 0 bridgehead atoms. The molecule has 1 atom stereocenters. The van der Waals surface area contributed by atoms with Crippen LogP contribution < -0.4 is 15.0 Å². The molecule has 0 aliphatic carbocycles. The van der Waals surface area contributed by atoms with Crippen molar-refractivity contribution in [2.45, 2.75) is 31.9 Å². The quantitative estimate of drug-likeness (QED) is 0.917. The number of nitrogens with zero attached hydrogens (tertiary/aromatic N) is 1. The van der Waals surface area contributed by atoms with E-state index in [9.17, 15) is 4.79 Å². The topological polar surface area (TPSA) is 50.8 Å². The van der Waals surface area contributed by atoms with Gasteiger partial charge in [0.25, 0.3) is 0 Å². The van der Waals surface area contributed by atoms with Crippen molar-refractivity contribution in [2.75, 3.05) is 30.5 Å². The monoisotopic (exact) mass is 352 g/mol. The van der Waals surface area contributed by atoms with Gasteiger partial charge in [0, 0.05) is 17.9 Å². The molecule has 0 spiro atoms. The zero-order valence-electron chi connectivity index (χ0n) is 15.0. The third kappa shape index (κ3) is 3.40. The molecule has 0 radical (unpaired) electrons. The van der Waals surface area contributed by atoms with E-state index < -0.39 is 0 Å². The molecule has 0 saturated carbocycles. The number of rotatable bonds is 4. The maximum Gasteiger partial charge on any atom is 0.249 e. The summed E-state index contributed by atoms with van der Waals surface area (Å²) in [5.41, 5.74) is 4.50. The number of fused-ring (bicyclic) bond motifs is 1. The highest BCUT2D eigenvalue weighted by molar-refractivity contribution is 5.99. The summed E-state index contributed by atoms with van der Waals surface area (Å²) in [4.78, 5) is 14.9. The van der Waals surface area contributed by atoms with E-state index in [1.807, 2.05) is 35.2 Å². The molecule has 1 saturated heterocycles. The first-order valence-electron chi connectivity index (χ1n) is 9.16. The minimum absolute atomic E-state index is 0.127. The van der Waals surface area contributed by atoms with Crippen LogP contribution >= 0.6 is 0 Å². The van der Waals surface area contributed by atoms with Gasteiger partial charge in [0.05, 0.1) is 20.3 Å². The predicted octanol–water partition coefficient (Wildman–Crippen LogP) is 3.38. The molecule has 1 amide bonds. The number of nitrogens with one attached hydrogen (secondary N) is 1. The molecule has 2 aromatic carbocycles. The second-order valence-electron chi connectivity index (χ2n) is 6.81. The van der Waals surface area contributed by atoms with E-state index in [-0.39, 0.29) is 11.9 Å². The minimum Gasteiger partial charge on any atom is -0.497 e. The standard InChI is InChI=1S/C21H24N2O3/c1-25-19-8-6-18(7-9-19)23-11-2-3-20(21(23)24)22-17-5-4-16-14-26-12-10-15(16)13-17/h4-9,13,20,22H,2-3,10-12,14H2,1H3. The summed E-state index contributed by atoms with van der Waals surface area (Å²) in [5.74, 6) is 0.924. The van der Waals surface area contributed by atoms with Crippen LogP contribution in [-0.4, -0.2) is 32.2 Å². The van der Waals surface area contributed by atoms with Gasteiger partial charge in [0.15, 0.2) is 0 Å². The molecule has 2 aromatic rings. The van der Waals surface area contributed by atoms with Gasteiger partial charge in [-0.15, -0.1) is 0 Å². The van der Waals surface area contributed by atoms with Gasteiger partial charge >= 0.3 is 0 Å². The Balaban J connectivity index is 1.49. The van der Waals surface area contributed by atoms with Crippen LogP contribution in [0.2, 0.25) is 0 Å². The lowest BCUT2D eigenvalue weighted by Gasteiger charge is -2.33. The van der Waals surface area contributed by atoms with Crippen molar-refractivity contribution in [3.8, 4) is 5.75 Å². The first-order valence-corrected chi connectivity index (χ1v) is 9.16. The summed E-state index contributed by atoms with van der Waals surface area (Å²) in [6.07, 6.45) is 2.77. The van der Waals surface area contributed by atoms with Gasteiger partial charge in [-0.25, -0.2) is 0 Å². The van der Waals surface area contributed by atoms with Crippen molar-refractivity contribution in [1.82, 2.24) is 0 Å². The second kappa shape index (κ2) is 7.38. The van der Waals surface area contributed by atoms with Crippen LogP contribution in [0.25, 0.3) is 0 Å². The first-order chi connectivity index (χ1) is 12.7. The van der Waals surface area contributed by atoms with Crippen molar-refractivity contribution in [1.29, 1.82) is 0 Å². The summed E-state index contributed by atoms with van der Waals surface area (Å²) in [7, 11) is 1.64. The average molecular weight is 352 g/mol. The number of carbonyl (C=O) groups is 1. The molecular weight excluding hydrogens is 328 g/mol. The van der Waals surface area contributed by atoms with Crippen molar-refractivity contribution < 1.29 is 14.3 Å². The highest BCUT2D eigenvalue weighted by Crippen LogP contribution is 2.26. The van der Waals surface area contributed by atoms with Crippen LogP contribution in [0.5, 0.6) is 5.75 Å². The zero-order chi connectivity index (χ0) is 17.9. The smallest absolute Gasteiger partial charge is 0.249 e. The Morgan fingerprint density at radius 3 is 2.81 bits per heavy atom. The van der Waals surface area contributed by atoms with E-state index >= 15 is 0 Å². The first kappa shape index (κ1) is 16.9.